The lowest BCUT2D eigenvalue weighted by Crippen LogP contribution is -2.46. The first-order valence-corrected chi connectivity index (χ1v) is 4.93. The van der Waals surface area contributed by atoms with Crippen LogP contribution in [0, 0.1) is 0 Å². The largest absolute Gasteiger partial charge is 0.301 e. The van der Waals surface area contributed by atoms with Gasteiger partial charge < -0.3 is 4.90 Å². The minimum atomic E-state index is 0.581. The molecule has 0 aromatic heterocycles. The third kappa shape index (κ3) is 3.79. The van der Waals surface area contributed by atoms with Gasteiger partial charge in [0.2, 0.25) is 0 Å². The summed E-state index contributed by atoms with van der Waals surface area (Å²) >= 11 is 0. The number of piperazine rings is 1. The van der Waals surface area contributed by atoms with Crippen LogP contribution >= 0.6 is 0 Å². The number of azide groups is 1. The van der Waals surface area contributed by atoms with Crippen LogP contribution in [0.3, 0.4) is 0 Å². The SMILES string of the molecule is C=CCN1CCN(CCN=[N+]=[N-])CC1. The van der Waals surface area contributed by atoms with Gasteiger partial charge >= 0.3 is 0 Å². The maximum absolute atomic E-state index is 8.13. The van der Waals surface area contributed by atoms with E-state index in [1.807, 2.05) is 6.08 Å². The summed E-state index contributed by atoms with van der Waals surface area (Å²) in [5, 5.41) is 3.53. The summed E-state index contributed by atoms with van der Waals surface area (Å²) in [5.74, 6) is 0. The van der Waals surface area contributed by atoms with Crippen molar-refractivity contribution in [1.29, 1.82) is 0 Å². The Bertz CT molecular complexity index is 213. The van der Waals surface area contributed by atoms with Crippen LogP contribution in [0.5, 0.6) is 0 Å². The average Bonchev–Trinajstić information content (AvgIpc) is 2.21. The second-order valence-corrected chi connectivity index (χ2v) is 3.39. The van der Waals surface area contributed by atoms with Gasteiger partial charge in [-0.05, 0) is 5.53 Å². The van der Waals surface area contributed by atoms with E-state index < -0.39 is 0 Å². The van der Waals surface area contributed by atoms with Gasteiger partial charge in [0.15, 0.2) is 0 Å². The van der Waals surface area contributed by atoms with Gasteiger partial charge in [0.1, 0.15) is 0 Å². The normalized spacial score (nSPS) is 18.9. The number of rotatable bonds is 5. The number of hydrogen-bond donors (Lipinski definition) is 0. The number of hydrogen-bond acceptors (Lipinski definition) is 3. The van der Waals surface area contributed by atoms with E-state index >= 15 is 0 Å². The lowest BCUT2D eigenvalue weighted by atomic mass is 10.3. The van der Waals surface area contributed by atoms with Gasteiger partial charge in [-0.1, -0.05) is 11.2 Å². The quantitative estimate of drug-likeness (QED) is 0.285. The average molecular weight is 195 g/mol. The van der Waals surface area contributed by atoms with Crippen LogP contribution in [0.25, 0.3) is 10.4 Å². The highest BCUT2D eigenvalue weighted by Gasteiger charge is 2.14. The van der Waals surface area contributed by atoms with Gasteiger partial charge in [-0.3, -0.25) is 4.90 Å². The molecule has 0 saturated carbocycles. The Kier molecular flexibility index (Phi) is 5.07. The highest BCUT2D eigenvalue weighted by Crippen LogP contribution is 2.00. The van der Waals surface area contributed by atoms with E-state index in [1.165, 1.54) is 0 Å². The van der Waals surface area contributed by atoms with E-state index in [2.05, 4.69) is 26.4 Å². The predicted molar refractivity (Wildman–Crippen MR) is 57.1 cm³/mol. The molecule has 0 aromatic rings. The molecule has 1 fully saturated rings. The van der Waals surface area contributed by atoms with Crippen molar-refractivity contribution in [2.24, 2.45) is 5.11 Å². The lowest BCUT2D eigenvalue weighted by molar-refractivity contribution is 0.145. The zero-order valence-corrected chi connectivity index (χ0v) is 8.47. The molecule has 5 heteroatoms. The van der Waals surface area contributed by atoms with Gasteiger partial charge in [-0.15, -0.1) is 6.58 Å². The van der Waals surface area contributed by atoms with Crippen molar-refractivity contribution >= 4 is 0 Å². The van der Waals surface area contributed by atoms with E-state index in [4.69, 9.17) is 5.53 Å². The van der Waals surface area contributed by atoms with E-state index in [0.717, 1.165) is 39.3 Å². The molecular weight excluding hydrogens is 178 g/mol. The summed E-state index contributed by atoms with van der Waals surface area (Å²) < 4.78 is 0. The Labute approximate surface area is 84.6 Å². The zero-order chi connectivity index (χ0) is 10.2. The van der Waals surface area contributed by atoms with Crippen LogP contribution in [0.2, 0.25) is 0 Å². The molecule has 1 saturated heterocycles. The molecular formula is C9H17N5. The smallest absolute Gasteiger partial charge is 0.0385 e. The van der Waals surface area contributed by atoms with Crippen molar-refractivity contribution in [2.45, 2.75) is 0 Å². The van der Waals surface area contributed by atoms with Crippen molar-refractivity contribution < 1.29 is 0 Å². The highest BCUT2D eigenvalue weighted by atomic mass is 15.3. The van der Waals surface area contributed by atoms with Crippen LogP contribution < -0.4 is 0 Å². The first-order valence-electron chi connectivity index (χ1n) is 4.93. The maximum Gasteiger partial charge on any atom is 0.0385 e. The second-order valence-electron chi connectivity index (χ2n) is 3.39. The van der Waals surface area contributed by atoms with Crippen LogP contribution in [-0.2, 0) is 0 Å². The fourth-order valence-corrected chi connectivity index (χ4v) is 1.61. The Morgan fingerprint density at radius 3 is 2.50 bits per heavy atom. The Morgan fingerprint density at radius 2 is 1.93 bits per heavy atom. The zero-order valence-electron chi connectivity index (χ0n) is 8.47. The molecule has 0 spiro atoms. The minimum absolute atomic E-state index is 0.581. The monoisotopic (exact) mass is 195 g/mol. The third-order valence-corrected chi connectivity index (χ3v) is 2.43. The maximum atomic E-state index is 8.13. The van der Waals surface area contributed by atoms with E-state index in [0.29, 0.717) is 6.54 Å². The molecule has 0 N–H and O–H groups in total. The molecule has 0 unspecified atom stereocenters. The van der Waals surface area contributed by atoms with Crippen molar-refractivity contribution in [3.63, 3.8) is 0 Å². The van der Waals surface area contributed by atoms with Crippen molar-refractivity contribution in [2.75, 3.05) is 45.8 Å². The van der Waals surface area contributed by atoms with Gasteiger partial charge in [-0.25, -0.2) is 0 Å². The van der Waals surface area contributed by atoms with Gasteiger partial charge in [0.25, 0.3) is 0 Å². The summed E-state index contributed by atoms with van der Waals surface area (Å²) in [6, 6.07) is 0. The molecule has 1 aliphatic heterocycles. The van der Waals surface area contributed by atoms with Gasteiger partial charge in [0, 0.05) is 50.7 Å². The van der Waals surface area contributed by atoms with E-state index in [1.54, 1.807) is 0 Å². The van der Waals surface area contributed by atoms with E-state index in [9.17, 15) is 0 Å². The third-order valence-electron chi connectivity index (χ3n) is 2.43. The molecule has 5 nitrogen and oxygen atoms in total. The summed E-state index contributed by atoms with van der Waals surface area (Å²) in [7, 11) is 0. The molecule has 0 aromatic carbocycles. The number of nitrogens with zero attached hydrogens (tertiary/aromatic N) is 5. The lowest BCUT2D eigenvalue weighted by Gasteiger charge is -2.33. The molecule has 0 atom stereocenters. The molecule has 14 heavy (non-hydrogen) atoms. The summed E-state index contributed by atoms with van der Waals surface area (Å²) in [6.45, 7) is 10.5. The molecule has 78 valence electrons. The van der Waals surface area contributed by atoms with Gasteiger partial charge in [0.05, 0.1) is 0 Å². The first-order chi connectivity index (χ1) is 6.86. The minimum Gasteiger partial charge on any atom is -0.301 e. The molecule has 0 amide bonds. The Balaban J connectivity index is 2.15. The molecule has 1 rings (SSSR count). The van der Waals surface area contributed by atoms with Crippen LogP contribution in [0.4, 0.5) is 0 Å². The van der Waals surface area contributed by atoms with Crippen LogP contribution in [0.15, 0.2) is 17.8 Å². The summed E-state index contributed by atoms with van der Waals surface area (Å²) in [6.07, 6.45) is 1.94. The van der Waals surface area contributed by atoms with Crippen molar-refractivity contribution in [3.05, 3.63) is 23.1 Å². The molecule has 0 radical (unpaired) electrons. The van der Waals surface area contributed by atoms with Crippen molar-refractivity contribution in [1.82, 2.24) is 9.80 Å². The molecule has 1 aliphatic rings. The highest BCUT2D eigenvalue weighted by molar-refractivity contribution is 4.78. The fraction of sp³-hybridized carbons (Fsp3) is 0.778. The van der Waals surface area contributed by atoms with Gasteiger partial charge in [-0.2, -0.15) is 0 Å². The molecule has 0 aliphatic carbocycles. The Morgan fingerprint density at radius 1 is 1.29 bits per heavy atom. The summed E-state index contributed by atoms with van der Waals surface area (Å²) in [4.78, 5) is 7.44. The topological polar surface area (TPSA) is 55.2 Å². The predicted octanol–water partition coefficient (Wildman–Crippen LogP) is 1.10. The van der Waals surface area contributed by atoms with Crippen LogP contribution in [0.1, 0.15) is 0 Å². The van der Waals surface area contributed by atoms with Crippen LogP contribution in [-0.4, -0.2) is 55.6 Å². The fourth-order valence-electron chi connectivity index (χ4n) is 1.61. The van der Waals surface area contributed by atoms with E-state index in [-0.39, 0.29) is 0 Å². The Hall–Kier alpha value is -1.03. The molecule has 1 heterocycles. The van der Waals surface area contributed by atoms with Crippen molar-refractivity contribution in [3.8, 4) is 0 Å². The standard InChI is InChI=1S/C9H17N5/c1-2-4-13-6-8-14(9-7-13)5-3-11-12-10/h2H,1,3-9H2. The first kappa shape index (κ1) is 11.0. The summed E-state index contributed by atoms with van der Waals surface area (Å²) in [5.41, 5.74) is 8.13. The molecule has 0 bridgehead atoms. The second kappa shape index (κ2) is 6.43.